The van der Waals surface area contributed by atoms with Gasteiger partial charge in [-0.3, -0.25) is 4.79 Å². The fraction of sp³-hybridized carbons (Fsp3) is 0.0800. The molecule has 0 radical (unpaired) electrons. The van der Waals surface area contributed by atoms with Gasteiger partial charge in [-0.05, 0) is 23.0 Å². The average Bonchev–Trinajstić information content (AvgIpc) is 2.76. The van der Waals surface area contributed by atoms with E-state index in [4.69, 9.17) is 0 Å². The molecule has 29 heavy (non-hydrogen) atoms. The van der Waals surface area contributed by atoms with Crippen molar-refractivity contribution in [2.24, 2.45) is 0 Å². The van der Waals surface area contributed by atoms with Crippen molar-refractivity contribution in [3.8, 4) is 22.4 Å². The van der Waals surface area contributed by atoms with Crippen molar-refractivity contribution in [1.82, 2.24) is 4.98 Å². The molecule has 144 valence electrons. The van der Waals surface area contributed by atoms with Crippen molar-refractivity contribution in [2.45, 2.75) is 13.5 Å². The van der Waals surface area contributed by atoms with Crippen LogP contribution in [0.5, 0.6) is 0 Å². The number of hydrogen-bond acceptors (Lipinski definition) is 2. The Kier molecular flexibility index (Phi) is 6.68. The van der Waals surface area contributed by atoms with Crippen LogP contribution in [0, 0.1) is 6.92 Å². The molecule has 3 nitrogen and oxygen atoms in total. The molecular formula is C25H22BrN2O+. The molecule has 1 aromatic heterocycles. The lowest BCUT2D eigenvalue weighted by Gasteiger charge is -2.04. The molecule has 0 amide bonds. The molecule has 3 aromatic carbocycles. The minimum absolute atomic E-state index is 0. The van der Waals surface area contributed by atoms with Gasteiger partial charge < -0.3 is 0 Å². The Hall–Kier alpha value is -3.11. The number of rotatable bonds is 5. The molecule has 4 heteroatoms. The van der Waals surface area contributed by atoms with Gasteiger partial charge in [-0.1, -0.05) is 84.4 Å². The van der Waals surface area contributed by atoms with Crippen LogP contribution in [-0.2, 0) is 6.54 Å². The molecule has 4 rings (SSSR count). The molecule has 0 saturated heterocycles. The molecule has 0 aliphatic heterocycles. The molecule has 0 fully saturated rings. The molecule has 0 bridgehead atoms. The molecule has 4 aromatic rings. The molecule has 0 aliphatic rings. The number of halogens is 1. The van der Waals surface area contributed by atoms with Crippen molar-refractivity contribution in [1.29, 1.82) is 0 Å². The Morgan fingerprint density at radius 3 is 2.03 bits per heavy atom. The Morgan fingerprint density at radius 1 is 0.793 bits per heavy atom. The van der Waals surface area contributed by atoms with Gasteiger partial charge in [0.1, 0.15) is 0 Å². The number of benzene rings is 3. The lowest BCUT2D eigenvalue weighted by Crippen LogP contribution is -2.37. The van der Waals surface area contributed by atoms with E-state index < -0.39 is 0 Å². The molecule has 0 atom stereocenters. The van der Waals surface area contributed by atoms with Crippen LogP contribution >= 0.6 is 17.0 Å². The number of carbonyl (C=O) groups is 1. The summed E-state index contributed by atoms with van der Waals surface area (Å²) in [5, 5.41) is 0. The van der Waals surface area contributed by atoms with Gasteiger partial charge in [-0.2, -0.15) is 0 Å². The van der Waals surface area contributed by atoms with Gasteiger partial charge in [0, 0.05) is 17.2 Å². The SMILES string of the molecule is Br.Cc1ccc(-c2cc[n+](CC(=O)c3ccc(-c4ccccc4)cc3)cn2)cc1. The maximum atomic E-state index is 12.6. The van der Waals surface area contributed by atoms with Crippen LogP contribution in [0.2, 0.25) is 0 Å². The van der Waals surface area contributed by atoms with Crippen LogP contribution in [0.15, 0.2) is 97.5 Å². The molecule has 0 N–H and O–H groups in total. The number of ketones is 1. The van der Waals surface area contributed by atoms with E-state index in [1.807, 2.05) is 59.3 Å². The highest BCUT2D eigenvalue weighted by atomic mass is 79.9. The van der Waals surface area contributed by atoms with E-state index in [2.05, 4.69) is 48.3 Å². The predicted molar refractivity (Wildman–Crippen MR) is 121 cm³/mol. The summed E-state index contributed by atoms with van der Waals surface area (Å²) in [6.07, 6.45) is 3.61. The number of Topliss-reactive ketones (excluding diaryl/α,β-unsaturated/α-hetero) is 1. The standard InChI is InChI=1S/C25H21N2O.BrH/c1-19-7-9-22(10-8-19)24-15-16-27(18-26-24)17-25(28)23-13-11-21(12-14-23)20-5-3-2-4-6-20;/h2-16,18H,17H2,1H3;1H/q+1;. The van der Waals surface area contributed by atoms with Crippen LogP contribution < -0.4 is 4.57 Å². The monoisotopic (exact) mass is 445 g/mol. The van der Waals surface area contributed by atoms with E-state index in [-0.39, 0.29) is 29.3 Å². The fourth-order valence-electron chi connectivity index (χ4n) is 3.11. The third kappa shape index (κ3) is 5.04. The average molecular weight is 446 g/mol. The lowest BCUT2D eigenvalue weighted by molar-refractivity contribution is -0.686. The Bertz CT molecular complexity index is 1070. The molecule has 0 unspecified atom stereocenters. The lowest BCUT2D eigenvalue weighted by atomic mass is 10.0. The second-order valence-electron chi connectivity index (χ2n) is 6.85. The minimum atomic E-state index is 0. The van der Waals surface area contributed by atoms with Gasteiger partial charge in [0.2, 0.25) is 5.78 Å². The summed E-state index contributed by atoms with van der Waals surface area (Å²) < 4.78 is 1.81. The van der Waals surface area contributed by atoms with Gasteiger partial charge in [0.25, 0.3) is 6.33 Å². The first-order valence-corrected chi connectivity index (χ1v) is 9.30. The summed E-state index contributed by atoms with van der Waals surface area (Å²) in [5.41, 5.74) is 6.14. The number of aryl methyl sites for hydroxylation is 1. The van der Waals surface area contributed by atoms with Gasteiger partial charge in [0.15, 0.2) is 12.2 Å². The number of aromatic nitrogens is 2. The van der Waals surface area contributed by atoms with Crippen LogP contribution in [-0.4, -0.2) is 10.8 Å². The second kappa shape index (κ2) is 9.39. The second-order valence-corrected chi connectivity index (χ2v) is 6.85. The van der Waals surface area contributed by atoms with Gasteiger partial charge in [0.05, 0.1) is 6.20 Å². The highest BCUT2D eigenvalue weighted by Gasteiger charge is 2.12. The Labute approximate surface area is 181 Å². The van der Waals surface area contributed by atoms with E-state index in [1.54, 1.807) is 6.33 Å². The summed E-state index contributed by atoms with van der Waals surface area (Å²) in [7, 11) is 0. The van der Waals surface area contributed by atoms with Gasteiger partial charge >= 0.3 is 0 Å². The van der Waals surface area contributed by atoms with Crippen molar-refractivity contribution in [3.05, 3.63) is 109 Å². The third-order valence-electron chi connectivity index (χ3n) is 4.76. The van der Waals surface area contributed by atoms with E-state index in [0.29, 0.717) is 5.56 Å². The number of hydrogen-bond donors (Lipinski definition) is 0. The Balaban J connectivity index is 0.00000240. The molecule has 0 spiro atoms. The van der Waals surface area contributed by atoms with E-state index in [9.17, 15) is 4.79 Å². The zero-order chi connectivity index (χ0) is 19.3. The molecular weight excluding hydrogens is 424 g/mol. The van der Waals surface area contributed by atoms with Gasteiger partial charge in [-0.15, -0.1) is 17.0 Å². The summed E-state index contributed by atoms with van der Waals surface area (Å²) in [4.78, 5) is 17.1. The van der Waals surface area contributed by atoms with Crippen molar-refractivity contribution in [3.63, 3.8) is 0 Å². The maximum absolute atomic E-state index is 12.6. The number of nitrogens with zero attached hydrogens (tertiary/aromatic N) is 2. The summed E-state index contributed by atoms with van der Waals surface area (Å²) >= 11 is 0. The zero-order valence-corrected chi connectivity index (χ0v) is 17.9. The van der Waals surface area contributed by atoms with Crippen LogP contribution in [0.4, 0.5) is 0 Å². The van der Waals surface area contributed by atoms with Crippen molar-refractivity contribution < 1.29 is 9.36 Å². The Morgan fingerprint density at radius 2 is 1.41 bits per heavy atom. The summed E-state index contributed by atoms with van der Waals surface area (Å²) in [5.74, 6) is 0.0643. The smallest absolute Gasteiger partial charge is 0.287 e. The normalized spacial score (nSPS) is 10.2. The molecule has 0 saturated carbocycles. The largest absolute Gasteiger partial charge is 0.290 e. The van der Waals surface area contributed by atoms with Gasteiger partial charge in [-0.25, -0.2) is 4.57 Å². The van der Waals surface area contributed by atoms with E-state index in [0.717, 1.165) is 22.4 Å². The zero-order valence-electron chi connectivity index (χ0n) is 16.2. The maximum Gasteiger partial charge on any atom is 0.287 e. The molecule has 0 aliphatic carbocycles. The van der Waals surface area contributed by atoms with Crippen molar-refractivity contribution in [2.75, 3.05) is 0 Å². The summed E-state index contributed by atoms with van der Waals surface area (Å²) in [6.45, 7) is 2.33. The van der Waals surface area contributed by atoms with Crippen molar-refractivity contribution >= 4 is 22.8 Å². The fourth-order valence-corrected chi connectivity index (χ4v) is 3.11. The van der Waals surface area contributed by atoms with E-state index in [1.165, 1.54) is 5.56 Å². The first-order valence-electron chi connectivity index (χ1n) is 9.30. The summed E-state index contributed by atoms with van der Waals surface area (Å²) in [6, 6.07) is 28.1. The third-order valence-corrected chi connectivity index (χ3v) is 4.76. The van der Waals surface area contributed by atoms with Crippen LogP contribution in [0.25, 0.3) is 22.4 Å². The predicted octanol–water partition coefficient (Wildman–Crippen LogP) is 5.47. The topological polar surface area (TPSA) is 33.8 Å². The van der Waals surface area contributed by atoms with Crippen LogP contribution in [0.3, 0.4) is 0 Å². The number of carbonyl (C=O) groups excluding carboxylic acids is 1. The highest BCUT2D eigenvalue weighted by molar-refractivity contribution is 8.93. The minimum Gasteiger partial charge on any atom is -0.290 e. The molecule has 1 heterocycles. The first kappa shape index (κ1) is 20.6. The van der Waals surface area contributed by atoms with E-state index >= 15 is 0 Å². The first-order chi connectivity index (χ1) is 13.7. The van der Waals surface area contributed by atoms with Crippen LogP contribution in [0.1, 0.15) is 15.9 Å². The quantitative estimate of drug-likeness (QED) is 0.301. The highest BCUT2D eigenvalue weighted by Crippen LogP contribution is 2.19.